The number of nitrogens with one attached hydrogen (secondary N) is 1. The summed E-state index contributed by atoms with van der Waals surface area (Å²) < 4.78 is 2.00. The number of fused-ring (bicyclic) bond motifs is 1. The summed E-state index contributed by atoms with van der Waals surface area (Å²) in [6.07, 6.45) is 6.59. The molecule has 4 rings (SSSR count). The highest BCUT2D eigenvalue weighted by atomic mass is 16.1. The van der Waals surface area contributed by atoms with Crippen molar-refractivity contribution >= 4 is 10.9 Å². The molecule has 1 atom stereocenters. The van der Waals surface area contributed by atoms with Crippen LogP contribution >= 0.6 is 0 Å². The number of aromatic amines is 1. The van der Waals surface area contributed by atoms with Crippen molar-refractivity contribution in [2.75, 3.05) is 0 Å². The van der Waals surface area contributed by atoms with Crippen molar-refractivity contribution in [2.45, 2.75) is 104 Å². The third-order valence-electron chi connectivity index (χ3n) is 7.79. The molecule has 7 heteroatoms. The van der Waals surface area contributed by atoms with Crippen molar-refractivity contribution in [3.05, 3.63) is 51.1 Å². The summed E-state index contributed by atoms with van der Waals surface area (Å²) in [6, 6.07) is 6.81. The second-order valence-electron chi connectivity index (χ2n) is 10.2. The molecule has 0 bridgehead atoms. The first-order chi connectivity index (χ1) is 15.8. The van der Waals surface area contributed by atoms with Gasteiger partial charge in [0.25, 0.3) is 5.56 Å². The number of nitrogens with zero attached hydrogens (tertiary/aromatic N) is 5. The Morgan fingerprint density at radius 2 is 1.94 bits per heavy atom. The summed E-state index contributed by atoms with van der Waals surface area (Å²) >= 11 is 0. The van der Waals surface area contributed by atoms with Crippen molar-refractivity contribution in [3.63, 3.8) is 0 Å². The second-order valence-corrected chi connectivity index (χ2v) is 10.2. The van der Waals surface area contributed by atoms with Gasteiger partial charge in [-0.2, -0.15) is 0 Å². The Bertz CT molecular complexity index is 1170. The molecule has 33 heavy (non-hydrogen) atoms. The maximum absolute atomic E-state index is 13.2. The van der Waals surface area contributed by atoms with Gasteiger partial charge in [0.1, 0.15) is 0 Å². The molecular weight excluding hydrogens is 412 g/mol. The van der Waals surface area contributed by atoms with Crippen molar-refractivity contribution in [1.82, 2.24) is 30.1 Å². The Morgan fingerprint density at radius 3 is 2.61 bits per heavy atom. The van der Waals surface area contributed by atoms with E-state index in [1.54, 1.807) is 0 Å². The zero-order valence-electron chi connectivity index (χ0n) is 21.0. The van der Waals surface area contributed by atoms with Crippen LogP contribution in [0.3, 0.4) is 0 Å². The first-order valence-electron chi connectivity index (χ1n) is 12.4. The second kappa shape index (κ2) is 9.37. The summed E-state index contributed by atoms with van der Waals surface area (Å²) in [5, 5.41) is 14.0. The van der Waals surface area contributed by atoms with E-state index in [0.717, 1.165) is 53.5 Å². The van der Waals surface area contributed by atoms with Gasteiger partial charge in [-0.25, -0.2) is 4.68 Å². The van der Waals surface area contributed by atoms with Gasteiger partial charge in [0.2, 0.25) is 0 Å². The lowest BCUT2D eigenvalue weighted by molar-refractivity contribution is 0.106. The molecule has 0 unspecified atom stereocenters. The molecule has 178 valence electrons. The number of tetrazole rings is 1. The summed E-state index contributed by atoms with van der Waals surface area (Å²) in [7, 11) is 0. The Kier molecular flexibility index (Phi) is 6.71. The average molecular weight is 451 g/mol. The number of pyridine rings is 1. The molecule has 0 spiro atoms. The van der Waals surface area contributed by atoms with Gasteiger partial charge in [-0.3, -0.25) is 9.69 Å². The summed E-state index contributed by atoms with van der Waals surface area (Å²) in [5.74, 6) is 0.903. The minimum atomic E-state index is -0.163. The van der Waals surface area contributed by atoms with E-state index in [4.69, 9.17) is 0 Å². The van der Waals surface area contributed by atoms with Crippen LogP contribution in [-0.2, 0) is 12.1 Å². The van der Waals surface area contributed by atoms with Crippen LogP contribution in [0.1, 0.15) is 94.8 Å². The number of aromatic nitrogens is 5. The summed E-state index contributed by atoms with van der Waals surface area (Å²) in [5.41, 5.74) is 3.92. The molecule has 1 saturated carbocycles. The van der Waals surface area contributed by atoms with Gasteiger partial charge in [0, 0.05) is 18.2 Å². The predicted molar refractivity (Wildman–Crippen MR) is 132 cm³/mol. The van der Waals surface area contributed by atoms with Crippen LogP contribution in [0.25, 0.3) is 10.9 Å². The van der Waals surface area contributed by atoms with E-state index in [1.165, 1.54) is 18.4 Å². The maximum atomic E-state index is 13.2. The monoisotopic (exact) mass is 450 g/mol. The van der Waals surface area contributed by atoms with Crippen LogP contribution < -0.4 is 5.56 Å². The smallest absolute Gasteiger partial charge is 0.252 e. The SMILES string of the molecule is CC[C@H](c1nnnn1C(C)(C)CC)N(Cc1cc2ccc(C)c(C)c2[nH]c1=O)C1CCCC1. The van der Waals surface area contributed by atoms with Crippen molar-refractivity contribution in [2.24, 2.45) is 0 Å². The third kappa shape index (κ3) is 4.47. The molecule has 1 aromatic carbocycles. The molecule has 1 N–H and O–H groups in total. The van der Waals surface area contributed by atoms with E-state index in [9.17, 15) is 4.79 Å². The fourth-order valence-corrected chi connectivity index (χ4v) is 5.16. The zero-order chi connectivity index (χ0) is 23.8. The molecule has 0 saturated heterocycles. The Hall–Kier alpha value is -2.54. The molecule has 1 aliphatic rings. The van der Waals surface area contributed by atoms with Gasteiger partial charge >= 0.3 is 0 Å². The fraction of sp³-hybridized carbons (Fsp3) is 0.615. The van der Waals surface area contributed by atoms with Gasteiger partial charge in [-0.05, 0) is 86.4 Å². The van der Waals surface area contributed by atoms with Crippen LogP contribution in [0.2, 0.25) is 0 Å². The number of H-pyrrole nitrogens is 1. The molecule has 0 aliphatic heterocycles. The van der Waals surface area contributed by atoms with Gasteiger partial charge in [0.05, 0.1) is 17.1 Å². The molecule has 0 amide bonds. The van der Waals surface area contributed by atoms with Crippen LogP contribution in [0, 0.1) is 13.8 Å². The highest BCUT2D eigenvalue weighted by molar-refractivity contribution is 5.83. The van der Waals surface area contributed by atoms with E-state index >= 15 is 0 Å². The average Bonchev–Trinajstić information content (AvgIpc) is 3.50. The fourth-order valence-electron chi connectivity index (χ4n) is 5.16. The van der Waals surface area contributed by atoms with E-state index in [1.807, 2.05) is 4.68 Å². The number of rotatable bonds is 8. The third-order valence-corrected chi connectivity index (χ3v) is 7.79. The summed E-state index contributed by atoms with van der Waals surface area (Å²) in [6.45, 7) is 13.5. The van der Waals surface area contributed by atoms with Crippen molar-refractivity contribution in [3.8, 4) is 0 Å². The molecule has 3 aromatic rings. The molecule has 2 aromatic heterocycles. The van der Waals surface area contributed by atoms with Crippen molar-refractivity contribution < 1.29 is 0 Å². The van der Waals surface area contributed by atoms with Gasteiger partial charge in [0.15, 0.2) is 5.82 Å². The lowest BCUT2D eigenvalue weighted by atomic mass is 10.00. The first kappa shape index (κ1) is 23.6. The van der Waals surface area contributed by atoms with Gasteiger partial charge in [-0.15, -0.1) is 5.10 Å². The number of hydrogen-bond acceptors (Lipinski definition) is 5. The molecule has 7 nitrogen and oxygen atoms in total. The highest BCUT2D eigenvalue weighted by Crippen LogP contribution is 2.35. The minimum absolute atomic E-state index is 0.00234. The minimum Gasteiger partial charge on any atom is -0.321 e. The Morgan fingerprint density at radius 1 is 1.21 bits per heavy atom. The van der Waals surface area contributed by atoms with E-state index in [-0.39, 0.29) is 17.1 Å². The summed E-state index contributed by atoms with van der Waals surface area (Å²) in [4.78, 5) is 18.9. The topological polar surface area (TPSA) is 79.7 Å². The lowest BCUT2D eigenvalue weighted by Gasteiger charge is -2.36. The predicted octanol–water partition coefficient (Wildman–Crippen LogP) is 5.17. The number of benzene rings is 1. The van der Waals surface area contributed by atoms with Crippen LogP contribution in [0.5, 0.6) is 0 Å². The Balaban J connectivity index is 1.76. The van der Waals surface area contributed by atoms with Gasteiger partial charge in [-0.1, -0.05) is 38.8 Å². The number of aryl methyl sites for hydroxylation is 2. The van der Waals surface area contributed by atoms with E-state index in [0.29, 0.717) is 12.6 Å². The maximum Gasteiger partial charge on any atom is 0.252 e. The Labute approximate surface area is 196 Å². The van der Waals surface area contributed by atoms with Crippen LogP contribution in [0.4, 0.5) is 0 Å². The van der Waals surface area contributed by atoms with Crippen LogP contribution in [0.15, 0.2) is 23.0 Å². The molecular formula is C26H38N6O. The quantitative estimate of drug-likeness (QED) is 0.512. The van der Waals surface area contributed by atoms with Crippen molar-refractivity contribution in [1.29, 1.82) is 0 Å². The lowest BCUT2D eigenvalue weighted by Crippen LogP contribution is -2.40. The molecule has 0 radical (unpaired) electrons. The largest absolute Gasteiger partial charge is 0.321 e. The normalized spacial score (nSPS) is 16.2. The molecule has 1 fully saturated rings. The molecule has 2 heterocycles. The van der Waals surface area contributed by atoms with Gasteiger partial charge < -0.3 is 4.98 Å². The highest BCUT2D eigenvalue weighted by Gasteiger charge is 2.35. The van der Waals surface area contributed by atoms with E-state index < -0.39 is 0 Å². The first-order valence-corrected chi connectivity index (χ1v) is 12.4. The zero-order valence-corrected chi connectivity index (χ0v) is 21.0. The standard InChI is InChI=1S/C26H38N6O/c1-7-22(24-28-29-30-32(24)26(5,6)8-2)31(21-11-9-10-12-21)16-20-15-19-14-13-17(3)18(4)23(19)27-25(20)33/h13-15,21-22H,7-12,16H2,1-6H3,(H,27,33)/t22-/m1/s1. The number of hydrogen-bond donors (Lipinski definition) is 1. The van der Waals surface area contributed by atoms with E-state index in [2.05, 4.69) is 85.2 Å². The van der Waals surface area contributed by atoms with Crippen LogP contribution in [-0.4, -0.2) is 36.1 Å². The molecule has 1 aliphatic carbocycles.